The molecule has 0 aliphatic heterocycles. The maximum atomic E-state index is 12.4. The van der Waals surface area contributed by atoms with E-state index in [1.807, 2.05) is 24.3 Å². The second-order valence-electron chi connectivity index (χ2n) is 5.33. The number of hydrogen-bond donors (Lipinski definition) is 2. The van der Waals surface area contributed by atoms with Gasteiger partial charge in [-0.25, -0.2) is 4.79 Å². The average Bonchev–Trinajstić information content (AvgIpc) is 3.09. The van der Waals surface area contributed by atoms with E-state index in [-0.39, 0.29) is 12.5 Å². The van der Waals surface area contributed by atoms with Gasteiger partial charge in [-0.3, -0.25) is 9.89 Å². The Labute approximate surface area is 143 Å². The number of rotatable bonds is 5. The maximum absolute atomic E-state index is 12.4. The number of aromatic amines is 1. The number of benzene rings is 2. The molecule has 0 aliphatic carbocycles. The molecule has 0 saturated heterocycles. The molecule has 128 valence electrons. The van der Waals surface area contributed by atoms with Crippen LogP contribution in [0.2, 0.25) is 0 Å². The number of fused-ring (bicyclic) bond motifs is 1. The van der Waals surface area contributed by atoms with Crippen LogP contribution in [0.15, 0.2) is 42.5 Å². The van der Waals surface area contributed by atoms with E-state index >= 15 is 0 Å². The van der Waals surface area contributed by atoms with Crippen LogP contribution in [-0.2, 0) is 11.3 Å². The van der Waals surface area contributed by atoms with Crippen molar-refractivity contribution in [3.8, 4) is 5.75 Å². The number of nitrogens with zero attached hydrogens (tertiary/aromatic N) is 1. The van der Waals surface area contributed by atoms with Gasteiger partial charge < -0.3 is 14.8 Å². The molecule has 7 heteroatoms. The van der Waals surface area contributed by atoms with E-state index in [1.54, 1.807) is 18.2 Å². The number of esters is 1. The number of carbonyl (C=O) groups excluding carboxylic acids is 2. The Hall–Kier alpha value is -3.35. The Morgan fingerprint density at radius 3 is 2.72 bits per heavy atom. The van der Waals surface area contributed by atoms with Gasteiger partial charge in [-0.1, -0.05) is 24.3 Å². The van der Waals surface area contributed by atoms with Crippen molar-refractivity contribution in [2.24, 2.45) is 0 Å². The lowest BCUT2D eigenvalue weighted by molar-refractivity contribution is 0.0597. The summed E-state index contributed by atoms with van der Waals surface area (Å²) in [4.78, 5) is 24.2. The maximum Gasteiger partial charge on any atom is 0.341 e. The van der Waals surface area contributed by atoms with Crippen LogP contribution in [0.25, 0.3) is 10.9 Å². The normalized spacial score (nSPS) is 10.5. The monoisotopic (exact) mass is 339 g/mol. The Balaban J connectivity index is 1.77. The first-order valence-electron chi connectivity index (χ1n) is 7.60. The van der Waals surface area contributed by atoms with Gasteiger partial charge in [-0.2, -0.15) is 5.10 Å². The van der Waals surface area contributed by atoms with Crippen LogP contribution in [0.1, 0.15) is 26.4 Å². The van der Waals surface area contributed by atoms with E-state index in [4.69, 9.17) is 9.47 Å². The first kappa shape index (κ1) is 16.5. The molecule has 0 atom stereocenters. The molecule has 0 spiro atoms. The van der Waals surface area contributed by atoms with Gasteiger partial charge in [0.1, 0.15) is 11.3 Å². The van der Waals surface area contributed by atoms with E-state index in [0.717, 1.165) is 16.5 Å². The third-order valence-corrected chi connectivity index (χ3v) is 3.81. The Morgan fingerprint density at radius 1 is 1.16 bits per heavy atom. The third kappa shape index (κ3) is 3.30. The molecule has 0 bridgehead atoms. The summed E-state index contributed by atoms with van der Waals surface area (Å²) >= 11 is 0. The molecule has 0 radical (unpaired) electrons. The Kier molecular flexibility index (Phi) is 4.65. The van der Waals surface area contributed by atoms with E-state index in [0.29, 0.717) is 17.0 Å². The van der Waals surface area contributed by atoms with Crippen LogP contribution in [0, 0.1) is 0 Å². The van der Waals surface area contributed by atoms with Crippen LogP contribution in [-0.4, -0.2) is 36.3 Å². The van der Waals surface area contributed by atoms with Gasteiger partial charge >= 0.3 is 5.97 Å². The Morgan fingerprint density at radius 2 is 1.96 bits per heavy atom. The summed E-state index contributed by atoms with van der Waals surface area (Å²) in [5.41, 5.74) is 2.18. The largest absolute Gasteiger partial charge is 0.496 e. The highest BCUT2D eigenvalue weighted by Gasteiger charge is 2.16. The molecule has 0 aliphatic rings. The average molecular weight is 339 g/mol. The van der Waals surface area contributed by atoms with Gasteiger partial charge in [-0.15, -0.1) is 0 Å². The van der Waals surface area contributed by atoms with Gasteiger partial charge in [0.2, 0.25) is 0 Å². The van der Waals surface area contributed by atoms with Crippen LogP contribution in [0.3, 0.4) is 0 Å². The SMILES string of the molecule is COC(=O)c1cc(CNC(=O)c2n[nH]c3ccccc23)ccc1OC. The third-order valence-electron chi connectivity index (χ3n) is 3.81. The van der Waals surface area contributed by atoms with Gasteiger partial charge in [0.15, 0.2) is 5.69 Å². The molecule has 1 amide bonds. The fourth-order valence-corrected chi connectivity index (χ4v) is 2.54. The summed E-state index contributed by atoms with van der Waals surface area (Å²) in [5, 5.41) is 10.4. The molecular formula is C18H17N3O4. The number of para-hydroxylation sites is 1. The summed E-state index contributed by atoms with van der Waals surface area (Å²) in [5.74, 6) is -0.378. The Bertz CT molecular complexity index is 933. The van der Waals surface area contributed by atoms with Gasteiger partial charge in [0, 0.05) is 11.9 Å². The van der Waals surface area contributed by atoms with E-state index in [1.165, 1.54) is 14.2 Å². The van der Waals surface area contributed by atoms with E-state index in [9.17, 15) is 9.59 Å². The first-order chi connectivity index (χ1) is 12.1. The molecule has 2 aromatic carbocycles. The first-order valence-corrected chi connectivity index (χ1v) is 7.60. The van der Waals surface area contributed by atoms with Crippen molar-refractivity contribution in [3.63, 3.8) is 0 Å². The number of nitrogens with one attached hydrogen (secondary N) is 2. The van der Waals surface area contributed by atoms with Crippen molar-refractivity contribution in [1.82, 2.24) is 15.5 Å². The van der Waals surface area contributed by atoms with Crippen molar-refractivity contribution in [2.45, 2.75) is 6.54 Å². The minimum Gasteiger partial charge on any atom is -0.496 e. The molecule has 3 rings (SSSR count). The van der Waals surface area contributed by atoms with Crippen molar-refractivity contribution in [3.05, 3.63) is 59.3 Å². The lowest BCUT2D eigenvalue weighted by atomic mass is 10.1. The number of ether oxygens (including phenoxy) is 2. The minimum absolute atomic E-state index is 0.244. The van der Waals surface area contributed by atoms with Gasteiger partial charge in [0.05, 0.1) is 19.7 Å². The lowest BCUT2D eigenvalue weighted by Gasteiger charge is -2.10. The van der Waals surface area contributed by atoms with E-state index in [2.05, 4.69) is 15.5 Å². The van der Waals surface area contributed by atoms with Crippen LogP contribution in [0.4, 0.5) is 0 Å². The molecule has 1 aromatic heterocycles. The lowest BCUT2D eigenvalue weighted by Crippen LogP contribution is -2.23. The zero-order valence-electron chi connectivity index (χ0n) is 13.8. The second-order valence-corrected chi connectivity index (χ2v) is 5.33. The quantitative estimate of drug-likeness (QED) is 0.696. The molecule has 25 heavy (non-hydrogen) atoms. The summed E-state index contributed by atoms with van der Waals surface area (Å²) < 4.78 is 9.90. The summed E-state index contributed by atoms with van der Waals surface area (Å²) in [7, 11) is 2.78. The standard InChI is InChI=1S/C18H17N3O4/c1-24-15-8-7-11(9-13(15)18(23)25-2)10-19-17(22)16-12-5-3-4-6-14(12)20-21-16/h3-9H,10H2,1-2H3,(H,19,22)(H,20,21). The highest BCUT2D eigenvalue weighted by Crippen LogP contribution is 2.21. The van der Waals surface area contributed by atoms with Gasteiger partial charge in [0.25, 0.3) is 5.91 Å². The number of methoxy groups -OCH3 is 2. The van der Waals surface area contributed by atoms with Crippen molar-refractivity contribution >= 4 is 22.8 Å². The topological polar surface area (TPSA) is 93.3 Å². The number of H-pyrrole nitrogens is 1. The molecule has 0 fully saturated rings. The number of carbonyl (C=O) groups is 2. The molecule has 0 unspecified atom stereocenters. The molecule has 1 heterocycles. The fourth-order valence-electron chi connectivity index (χ4n) is 2.54. The van der Waals surface area contributed by atoms with Crippen LogP contribution in [0.5, 0.6) is 5.75 Å². The van der Waals surface area contributed by atoms with Crippen LogP contribution < -0.4 is 10.1 Å². The zero-order chi connectivity index (χ0) is 17.8. The number of aromatic nitrogens is 2. The van der Waals surface area contributed by atoms with Crippen LogP contribution >= 0.6 is 0 Å². The molecule has 0 saturated carbocycles. The zero-order valence-corrected chi connectivity index (χ0v) is 13.8. The number of amides is 1. The minimum atomic E-state index is -0.497. The van der Waals surface area contributed by atoms with Crippen molar-refractivity contribution in [2.75, 3.05) is 14.2 Å². The predicted octanol–water partition coefficient (Wildman–Crippen LogP) is 2.29. The molecule has 2 N–H and O–H groups in total. The van der Waals surface area contributed by atoms with Crippen molar-refractivity contribution < 1.29 is 19.1 Å². The van der Waals surface area contributed by atoms with E-state index < -0.39 is 5.97 Å². The summed E-state index contributed by atoms with van der Waals surface area (Å²) in [6.07, 6.45) is 0. The summed E-state index contributed by atoms with van der Waals surface area (Å²) in [6.45, 7) is 0.244. The number of hydrogen-bond acceptors (Lipinski definition) is 5. The molecule has 7 nitrogen and oxygen atoms in total. The predicted molar refractivity (Wildman–Crippen MR) is 91.6 cm³/mol. The van der Waals surface area contributed by atoms with Gasteiger partial charge in [-0.05, 0) is 23.8 Å². The molecular weight excluding hydrogens is 322 g/mol. The highest BCUT2D eigenvalue weighted by molar-refractivity contribution is 6.04. The second kappa shape index (κ2) is 7.04. The molecule has 3 aromatic rings. The fraction of sp³-hybridized carbons (Fsp3) is 0.167. The summed E-state index contributed by atoms with van der Waals surface area (Å²) in [6, 6.07) is 12.5. The van der Waals surface area contributed by atoms with Crippen molar-refractivity contribution in [1.29, 1.82) is 0 Å². The smallest absolute Gasteiger partial charge is 0.341 e. The highest BCUT2D eigenvalue weighted by atomic mass is 16.5.